The molecule has 6 heteroatoms. The highest BCUT2D eigenvalue weighted by atomic mass is 32.1. The van der Waals surface area contributed by atoms with E-state index >= 15 is 0 Å². The van der Waals surface area contributed by atoms with Crippen molar-refractivity contribution in [2.24, 2.45) is 11.7 Å². The predicted octanol–water partition coefficient (Wildman–Crippen LogP) is 1.60. The fraction of sp³-hybridized carbons (Fsp3) is 0.500. The average Bonchev–Trinajstić information content (AvgIpc) is 2.97. The second kappa shape index (κ2) is 5.49. The van der Waals surface area contributed by atoms with E-state index in [9.17, 15) is 9.59 Å². The molecule has 0 saturated heterocycles. The average molecular weight is 268 g/mol. The van der Waals surface area contributed by atoms with E-state index in [1.54, 1.807) is 11.4 Å². The number of hydrogen-bond acceptors (Lipinski definition) is 5. The second-order valence-electron chi connectivity index (χ2n) is 4.35. The third-order valence-corrected chi connectivity index (χ3v) is 4.09. The van der Waals surface area contributed by atoms with Crippen LogP contribution in [0.4, 0.5) is 5.69 Å². The number of amides is 1. The van der Waals surface area contributed by atoms with Gasteiger partial charge < -0.3 is 15.8 Å². The van der Waals surface area contributed by atoms with Crippen molar-refractivity contribution in [1.29, 1.82) is 0 Å². The zero-order valence-corrected chi connectivity index (χ0v) is 11.0. The highest BCUT2D eigenvalue weighted by molar-refractivity contribution is 7.12. The van der Waals surface area contributed by atoms with Crippen LogP contribution >= 0.6 is 11.3 Å². The lowest BCUT2D eigenvalue weighted by molar-refractivity contribution is -0.120. The molecule has 2 unspecified atom stereocenters. The maximum atomic E-state index is 12.0. The van der Waals surface area contributed by atoms with Crippen molar-refractivity contribution >= 4 is 28.9 Å². The van der Waals surface area contributed by atoms with Gasteiger partial charge in [-0.15, -0.1) is 11.3 Å². The van der Waals surface area contributed by atoms with Gasteiger partial charge in [0.15, 0.2) is 0 Å². The summed E-state index contributed by atoms with van der Waals surface area (Å²) < 4.78 is 4.66. The topological polar surface area (TPSA) is 81.4 Å². The van der Waals surface area contributed by atoms with E-state index in [-0.39, 0.29) is 17.9 Å². The van der Waals surface area contributed by atoms with Crippen molar-refractivity contribution in [1.82, 2.24) is 0 Å². The van der Waals surface area contributed by atoms with Crippen LogP contribution in [0.2, 0.25) is 0 Å². The molecule has 2 atom stereocenters. The van der Waals surface area contributed by atoms with Gasteiger partial charge in [-0.3, -0.25) is 4.79 Å². The van der Waals surface area contributed by atoms with Crippen molar-refractivity contribution in [2.75, 3.05) is 12.4 Å². The Balaban J connectivity index is 2.07. The molecule has 0 bridgehead atoms. The van der Waals surface area contributed by atoms with E-state index < -0.39 is 5.97 Å². The van der Waals surface area contributed by atoms with Crippen molar-refractivity contribution in [2.45, 2.75) is 25.3 Å². The highest BCUT2D eigenvalue weighted by Crippen LogP contribution is 2.28. The minimum Gasteiger partial charge on any atom is -0.465 e. The summed E-state index contributed by atoms with van der Waals surface area (Å²) in [5, 5.41) is 4.52. The largest absolute Gasteiger partial charge is 0.465 e. The number of carbonyl (C=O) groups excluding carboxylic acids is 2. The molecular weight excluding hydrogens is 252 g/mol. The lowest BCUT2D eigenvalue weighted by Crippen LogP contribution is -2.34. The molecule has 1 heterocycles. The highest BCUT2D eigenvalue weighted by Gasteiger charge is 2.31. The van der Waals surface area contributed by atoms with Gasteiger partial charge in [0, 0.05) is 6.04 Å². The molecule has 3 N–H and O–H groups in total. The van der Waals surface area contributed by atoms with E-state index in [2.05, 4.69) is 10.1 Å². The summed E-state index contributed by atoms with van der Waals surface area (Å²) in [7, 11) is 1.32. The first-order valence-corrected chi connectivity index (χ1v) is 6.73. The van der Waals surface area contributed by atoms with Crippen LogP contribution in [-0.4, -0.2) is 25.0 Å². The minimum atomic E-state index is -0.434. The molecule has 98 valence electrons. The zero-order chi connectivity index (χ0) is 13.1. The maximum Gasteiger partial charge on any atom is 0.350 e. The fourth-order valence-corrected chi connectivity index (χ4v) is 2.96. The van der Waals surface area contributed by atoms with Crippen LogP contribution in [0.25, 0.3) is 0 Å². The van der Waals surface area contributed by atoms with E-state index in [4.69, 9.17) is 5.73 Å². The van der Waals surface area contributed by atoms with Crippen LogP contribution in [0.15, 0.2) is 11.4 Å². The number of ether oxygens (including phenoxy) is 1. The van der Waals surface area contributed by atoms with Gasteiger partial charge in [-0.25, -0.2) is 4.79 Å². The molecular formula is C12H16N2O3S. The van der Waals surface area contributed by atoms with Gasteiger partial charge in [-0.2, -0.15) is 0 Å². The van der Waals surface area contributed by atoms with E-state index in [0.29, 0.717) is 10.6 Å². The van der Waals surface area contributed by atoms with Crippen LogP contribution in [0.5, 0.6) is 0 Å². The number of thiophene rings is 1. The Labute approximate surface area is 109 Å². The molecule has 0 aromatic carbocycles. The quantitative estimate of drug-likeness (QED) is 0.816. The molecule has 1 amide bonds. The molecule has 5 nitrogen and oxygen atoms in total. The molecule has 1 saturated carbocycles. The molecule has 18 heavy (non-hydrogen) atoms. The molecule has 1 aromatic heterocycles. The second-order valence-corrected chi connectivity index (χ2v) is 5.26. The Morgan fingerprint density at radius 3 is 2.89 bits per heavy atom. The van der Waals surface area contributed by atoms with E-state index in [1.807, 2.05) is 0 Å². The molecule has 1 aliphatic rings. The molecule has 2 rings (SSSR count). The Bertz CT molecular complexity index is 458. The van der Waals surface area contributed by atoms with Gasteiger partial charge in [0.25, 0.3) is 0 Å². The third kappa shape index (κ3) is 2.54. The lowest BCUT2D eigenvalue weighted by Gasteiger charge is -2.15. The number of esters is 1. The molecule has 0 spiro atoms. The normalized spacial score (nSPS) is 22.8. The number of nitrogens with two attached hydrogens (primary N) is 1. The van der Waals surface area contributed by atoms with Gasteiger partial charge in [0.05, 0.1) is 18.7 Å². The predicted molar refractivity (Wildman–Crippen MR) is 69.6 cm³/mol. The summed E-state index contributed by atoms with van der Waals surface area (Å²) in [6, 6.07) is 1.63. The lowest BCUT2D eigenvalue weighted by atomic mass is 10.0. The Morgan fingerprint density at radius 1 is 1.50 bits per heavy atom. The minimum absolute atomic E-state index is 0.0785. The number of nitrogens with one attached hydrogen (secondary N) is 1. The molecule has 1 aliphatic carbocycles. The third-order valence-electron chi connectivity index (χ3n) is 3.20. The first-order chi connectivity index (χ1) is 8.63. The Kier molecular flexibility index (Phi) is 3.98. The van der Waals surface area contributed by atoms with Crippen molar-refractivity contribution in [3.63, 3.8) is 0 Å². The van der Waals surface area contributed by atoms with E-state index in [0.717, 1.165) is 19.3 Å². The first-order valence-electron chi connectivity index (χ1n) is 5.85. The molecule has 1 aromatic rings. The van der Waals surface area contributed by atoms with Crippen LogP contribution in [0.3, 0.4) is 0 Å². The van der Waals surface area contributed by atoms with Crippen molar-refractivity contribution in [3.8, 4) is 0 Å². The summed E-state index contributed by atoms with van der Waals surface area (Å²) in [6.45, 7) is 0. The zero-order valence-electron chi connectivity index (χ0n) is 10.1. The SMILES string of the molecule is COC(=O)c1sccc1NC(=O)C1CCCC1N. The van der Waals surface area contributed by atoms with Crippen LogP contribution in [-0.2, 0) is 9.53 Å². The van der Waals surface area contributed by atoms with Crippen LogP contribution < -0.4 is 11.1 Å². The maximum absolute atomic E-state index is 12.0. The van der Waals surface area contributed by atoms with Crippen LogP contribution in [0, 0.1) is 5.92 Å². The molecule has 1 fully saturated rings. The standard InChI is InChI=1S/C12H16N2O3S/c1-17-12(16)10-9(5-6-18-10)14-11(15)7-3-2-4-8(7)13/h5-8H,2-4,13H2,1H3,(H,14,15). The smallest absolute Gasteiger partial charge is 0.350 e. The summed E-state index contributed by atoms with van der Waals surface area (Å²) in [5.41, 5.74) is 6.39. The van der Waals surface area contributed by atoms with Gasteiger partial charge in [0.1, 0.15) is 4.88 Å². The number of rotatable bonds is 3. The number of anilines is 1. The van der Waals surface area contributed by atoms with E-state index in [1.165, 1.54) is 18.4 Å². The van der Waals surface area contributed by atoms with Gasteiger partial charge in [-0.05, 0) is 24.3 Å². The molecule has 0 aliphatic heterocycles. The van der Waals surface area contributed by atoms with Gasteiger partial charge in [-0.1, -0.05) is 6.42 Å². The Morgan fingerprint density at radius 2 is 2.28 bits per heavy atom. The van der Waals surface area contributed by atoms with Gasteiger partial charge >= 0.3 is 5.97 Å². The number of methoxy groups -OCH3 is 1. The molecule has 0 radical (unpaired) electrons. The number of carbonyl (C=O) groups is 2. The Hall–Kier alpha value is -1.40. The monoisotopic (exact) mass is 268 g/mol. The van der Waals surface area contributed by atoms with Crippen molar-refractivity contribution < 1.29 is 14.3 Å². The first kappa shape index (κ1) is 13.0. The summed E-state index contributed by atoms with van der Waals surface area (Å²) >= 11 is 1.25. The summed E-state index contributed by atoms with van der Waals surface area (Å²) in [4.78, 5) is 23.9. The fourth-order valence-electron chi connectivity index (χ4n) is 2.20. The summed E-state index contributed by atoms with van der Waals surface area (Å²) in [5.74, 6) is -0.699. The van der Waals surface area contributed by atoms with Crippen molar-refractivity contribution in [3.05, 3.63) is 16.3 Å². The summed E-state index contributed by atoms with van der Waals surface area (Å²) in [6.07, 6.45) is 2.67. The number of hydrogen-bond donors (Lipinski definition) is 2. The van der Waals surface area contributed by atoms with Crippen LogP contribution in [0.1, 0.15) is 28.9 Å². The van der Waals surface area contributed by atoms with Gasteiger partial charge in [0.2, 0.25) is 5.91 Å².